The maximum atomic E-state index is 14.1. The molecule has 5 heterocycles. The second-order valence-corrected chi connectivity index (χ2v) is 8.82. The van der Waals surface area contributed by atoms with Crippen LogP contribution in [0.4, 0.5) is 5.69 Å². The molecule has 7 atom stereocenters. The van der Waals surface area contributed by atoms with Crippen molar-refractivity contribution in [3.63, 3.8) is 0 Å². The third-order valence-corrected chi connectivity index (χ3v) is 8.33. The number of para-hydroxylation sites is 1. The zero-order valence-electron chi connectivity index (χ0n) is 14.5. The van der Waals surface area contributed by atoms with E-state index in [-0.39, 0.29) is 34.9 Å². The summed E-state index contributed by atoms with van der Waals surface area (Å²) in [7, 11) is 0. The van der Waals surface area contributed by atoms with Crippen LogP contribution in [0.25, 0.3) is 0 Å². The van der Waals surface area contributed by atoms with Crippen molar-refractivity contribution in [2.75, 3.05) is 18.1 Å². The van der Waals surface area contributed by atoms with Gasteiger partial charge in [0.15, 0.2) is 0 Å². The Morgan fingerprint density at radius 1 is 1.32 bits per heavy atom. The summed E-state index contributed by atoms with van der Waals surface area (Å²) in [6, 6.07) is 9.11. The van der Waals surface area contributed by atoms with Gasteiger partial charge < -0.3 is 25.4 Å². The second-order valence-electron chi connectivity index (χ2n) is 8.82. The van der Waals surface area contributed by atoms with Crippen molar-refractivity contribution in [2.45, 2.75) is 49.7 Å². The molecule has 1 saturated carbocycles. The smallest absolute Gasteiger partial charge is 0.111 e. The minimum atomic E-state index is -0.0311. The summed E-state index contributed by atoms with van der Waals surface area (Å²) >= 11 is 0. The van der Waals surface area contributed by atoms with Gasteiger partial charge in [-0.25, -0.2) is 0 Å². The number of allylic oxidation sites excluding steroid dienone is 1. The van der Waals surface area contributed by atoms with Crippen LogP contribution >= 0.6 is 0 Å². The Hall–Kier alpha value is -1.40. The SMILES string of the molecule is C/C=C1\C[N@@+]2([O-])[C@H]3C[C@@]45C[C@H]3[C@H]1C[C@H]2[C@@H]4N(CN[O-])c1ccccc15. The van der Waals surface area contributed by atoms with E-state index >= 15 is 0 Å². The number of quaternary nitrogens is 1. The van der Waals surface area contributed by atoms with E-state index in [1.165, 1.54) is 16.8 Å². The van der Waals surface area contributed by atoms with Gasteiger partial charge in [0.2, 0.25) is 0 Å². The number of anilines is 1. The summed E-state index contributed by atoms with van der Waals surface area (Å²) in [5.74, 6) is 1.11. The number of piperidine rings is 4. The molecule has 0 radical (unpaired) electrons. The van der Waals surface area contributed by atoms with Gasteiger partial charge in [-0.2, -0.15) is 0 Å². The number of hydrogen-bond acceptors (Lipinski definition) is 4. The van der Waals surface area contributed by atoms with Crippen molar-refractivity contribution >= 4 is 5.69 Å². The van der Waals surface area contributed by atoms with Crippen LogP contribution in [0, 0.1) is 22.3 Å². The number of fused-ring (bicyclic) bond motifs is 2. The highest BCUT2D eigenvalue weighted by Gasteiger charge is 2.75. The van der Waals surface area contributed by atoms with Gasteiger partial charge in [0.25, 0.3) is 0 Å². The van der Waals surface area contributed by atoms with Crippen LogP contribution in [-0.2, 0) is 5.41 Å². The molecule has 5 fully saturated rings. The summed E-state index contributed by atoms with van der Waals surface area (Å²) in [4.78, 5) is 2.24. The number of rotatable bonds is 2. The number of nitrogens with zero attached hydrogens (tertiary/aromatic N) is 2. The number of hydrogen-bond donors (Lipinski definition) is 1. The average Bonchev–Trinajstić information content (AvgIpc) is 3.08. The van der Waals surface area contributed by atoms with E-state index in [4.69, 9.17) is 0 Å². The summed E-state index contributed by atoms with van der Waals surface area (Å²) < 4.78 is -0.0311. The van der Waals surface area contributed by atoms with Crippen LogP contribution in [0.2, 0.25) is 0 Å². The highest BCUT2D eigenvalue weighted by atomic mass is 16.6. The fourth-order valence-corrected chi connectivity index (χ4v) is 7.69. The maximum absolute atomic E-state index is 14.1. The first-order chi connectivity index (χ1) is 12.1. The minimum absolute atomic E-state index is 0.0311. The van der Waals surface area contributed by atoms with Crippen LogP contribution in [0.3, 0.4) is 0 Å². The lowest BCUT2D eigenvalue weighted by Gasteiger charge is -2.68. The minimum Gasteiger partial charge on any atom is -0.787 e. The molecular formula is C20H24N3O2-. The molecule has 1 aromatic rings. The van der Waals surface area contributed by atoms with E-state index in [0.717, 1.165) is 19.3 Å². The van der Waals surface area contributed by atoms with Gasteiger partial charge in [-0.05, 0) is 36.5 Å². The first-order valence-electron chi connectivity index (χ1n) is 9.59. The van der Waals surface area contributed by atoms with E-state index in [9.17, 15) is 10.4 Å². The van der Waals surface area contributed by atoms with Gasteiger partial charge in [-0.15, -0.1) is 0 Å². The summed E-state index contributed by atoms with van der Waals surface area (Å²) in [6.07, 6.45) is 5.33. The van der Waals surface area contributed by atoms with Crippen molar-refractivity contribution in [1.82, 2.24) is 5.48 Å². The van der Waals surface area contributed by atoms with Crippen LogP contribution in [0.1, 0.15) is 31.7 Å². The third-order valence-electron chi connectivity index (χ3n) is 8.33. The predicted molar refractivity (Wildman–Crippen MR) is 96.4 cm³/mol. The number of hydroxylamine groups is 4. The Balaban J connectivity index is 1.58. The molecule has 5 nitrogen and oxygen atoms in total. The van der Waals surface area contributed by atoms with E-state index in [1.54, 1.807) is 0 Å². The summed E-state index contributed by atoms with van der Waals surface area (Å²) in [5, 5.41) is 25.4. The normalized spacial score (nSPS) is 49.8. The van der Waals surface area contributed by atoms with E-state index in [0.29, 0.717) is 18.4 Å². The Morgan fingerprint density at radius 2 is 2.16 bits per heavy atom. The fraction of sp³-hybridized carbons (Fsp3) is 0.600. The summed E-state index contributed by atoms with van der Waals surface area (Å²) in [6.45, 7) is 3.06. The molecule has 1 aromatic carbocycles. The van der Waals surface area contributed by atoms with Crippen molar-refractivity contribution < 1.29 is 4.65 Å². The lowest BCUT2D eigenvalue weighted by molar-refractivity contribution is -0.947. The molecule has 5 aliphatic heterocycles. The van der Waals surface area contributed by atoms with Crippen LogP contribution < -0.4 is 10.4 Å². The van der Waals surface area contributed by atoms with Crippen molar-refractivity contribution in [1.29, 1.82) is 0 Å². The zero-order valence-corrected chi connectivity index (χ0v) is 14.5. The molecule has 132 valence electrons. The molecule has 1 aliphatic carbocycles. The van der Waals surface area contributed by atoms with Crippen molar-refractivity contribution in [2.24, 2.45) is 11.8 Å². The Labute approximate surface area is 148 Å². The maximum Gasteiger partial charge on any atom is 0.111 e. The van der Waals surface area contributed by atoms with Gasteiger partial charge in [0.1, 0.15) is 12.6 Å². The van der Waals surface area contributed by atoms with Crippen molar-refractivity contribution in [3.05, 3.63) is 51.9 Å². The van der Waals surface area contributed by atoms with Crippen molar-refractivity contribution in [3.8, 4) is 0 Å². The molecule has 1 spiro atoms. The van der Waals surface area contributed by atoms with Gasteiger partial charge in [0, 0.05) is 29.9 Å². The van der Waals surface area contributed by atoms with Crippen LogP contribution in [0.5, 0.6) is 0 Å². The van der Waals surface area contributed by atoms with E-state index < -0.39 is 0 Å². The molecule has 0 unspecified atom stereocenters. The van der Waals surface area contributed by atoms with E-state index in [2.05, 4.69) is 47.6 Å². The van der Waals surface area contributed by atoms with E-state index in [1.807, 2.05) is 0 Å². The molecule has 7 rings (SSSR count). The molecular weight excluding hydrogens is 314 g/mol. The quantitative estimate of drug-likeness (QED) is 0.390. The lowest BCUT2D eigenvalue weighted by atomic mass is 9.65. The highest BCUT2D eigenvalue weighted by Crippen LogP contribution is 2.70. The number of benzene rings is 1. The Kier molecular flexibility index (Phi) is 2.63. The lowest BCUT2D eigenvalue weighted by Crippen LogP contribution is -2.76. The second kappa shape index (κ2) is 4.46. The highest BCUT2D eigenvalue weighted by molar-refractivity contribution is 5.66. The molecule has 6 aliphatic rings. The Morgan fingerprint density at radius 3 is 2.96 bits per heavy atom. The first-order valence-corrected chi connectivity index (χ1v) is 9.59. The molecule has 0 amide bonds. The average molecular weight is 338 g/mol. The predicted octanol–water partition coefficient (Wildman–Crippen LogP) is 2.61. The van der Waals surface area contributed by atoms with Gasteiger partial charge >= 0.3 is 0 Å². The first kappa shape index (κ1) is 14.7. The largest absolute Gasteiger partial charge is 0.787 e. The zero-order chi connectivity index (χ0) is 17.0. The summed E-state index contributed by atoms with van der Waals surface area (Å²) in [5.41, 5.74) is 6.18. The molecule has 5 heteroatoms. The molecule has 0 aromatic heterocycles. The fourth-order valence-electron chi connectivity index (χ4n) is 7.69. The van der Waals surface area contributed by atoms with Gasteiger partial charge in [-0.1, -0.05) is 24.3 Å². The standard InChI is InChI=1S/C20H24N3O2/c1-2-12-10-23(25)17-7-13(12)14-8-20(9-18(14)23)15-5-3-4-6-16(15)22(11-21-24)19(17)20/h2-6,13-14,17-19,21H,7-11H2,1H3/q-1/b12-2+/t13-,14-,17-,18-,19-,20+,23-/m0/s1. The third kappa shape index (κ3) is 1.44. The van der Waals surface area contributed by atoms with Crippen LogP contribution in [-0.4, -0.2) is 36.0 Å². The van der Waals surface area contributed by atoms with Crippen LogP contribution in [0.15, 0.2) is 35.9 Å². The molecule has 25 heavy (non-hydrogen) atoms. The Bertz CT molecular complexity index is 795. The van der Waals surface area contributed by atoms with Gasteiger partial charge in [0.05, 0.1) is 18.8 Å². The van der Waals surface area contributed by atoms with Gasteiger partial charge in [-0.3, -0.25) is 0 Å². The molecule has 5 bridgehead atoms. The molecule has 1 N–H and O–H groups in total. The molecule has 4 saturated heterocycles. The topological polar surface area (TPSA) is 61.4 Å². The monoisotopic (exact) mass is 338 g/mol. The number of nitrogens with one attached hydrogen (secondary N) is 1.